The summed E-state index contributed by atoms with van der Waals surface area (Å²) < 4.78 is 25.2. The average molecular weight is 332 g/mol. The number of aromatic nitrogens is 1. The highest BCUT2D eigenvalue weighted by Gasteiger charge is 2.54. The SMILES string of the molecule is CS(=O)(=O)N1CC2(CN(c3ccc(Br)cn3)C2)C1. The Kier molecular flexibility index (Phi) is 2.69. The van der Waals surface area contributed by atoms with Crippen LogP contribution in [-0.2, 0) is 10.0 Å². The highest BCUT2D eigenvalue weighted by Crippen LogP contribution is 2.42. The van der Waals surface area contributed by atoms with Crippen molar-refractivity contribution in [1.82, 2.24) is 9.29 Å². The first-order valence-corrected chi connectivity index (χ1v) is 8.34. The van der Waals surface area contributed by atoms with Crippen LogP contribution in [0.2, 0.25) is 0 Å². The minimum atomic E-state index is -3.01. The van der Waals surface area contributed by atoms with Crippen molar-refractivity contribution in [2.24, 2.45) is 5.41 Å². The van der Waals surface area contributed by atoms with Gasteiger partial charge >= 0.3 is 0 Å². The Morgan fingerprint density at radius 3 is 2.44 bits per heavy atom. The Morgan fingerprint density at radius 2 is 1.94 bits per heavy atom. The number of rotatable bonds is 2. The summed E-state index contributed by atoms with van der Waals surface area (Å²) in [6.45, 7) is 3.10. The maximum atomic E-state index is 11.3. The van der Waals surface area contributed by atoms with Gasteiger partial charge in [0.25, 0.3) is 0 Å². The average Bonchev–Trinajstić information content (AvgIpc) is 2.14. The Labute approximate surface area is 115 Å². The van der Waals surface area contributed by atoms with Gasteiger partial charge < -0.3 is 4.90 Å². The van der Waals surface area contributed by atoms with Crippen LogP contribution in [0, 0.1) is 5.41 Å². The van der Waals surface area contributed by atoms with Crippen molar-refractivity contribution >= 4 is 31.8 Å². The topological polar surface area (TPSA) is 53.5 Å². The van der Waals surface area contributed by atoms with Gasteiger partial charge in [0.2, 0.25) is 10.0 Å². The lowest BCUT2D eigenvalue weighted by Crippen LogP contribution is -2.73. The van der Waals surface area contributed by atoms with E-state index in [0.29, 0.717) is 13.1 Å². The zero-order valence-electron chi connectivity index (χ0n) is 10.0. The highest BCUT2D eigenvalue weighted by molar-refractivity contribution is 9.10. The summed E-state index contributed by atoms with van der Waals surface area (Å²) in [7, 11) is -3.01. The third-order valence-corrected chi connectivity index (χ3v) is 5.25. The lowest BCUT2D eigenvalue weighted by Gasteiger charge is -2.59. The summed E-state index contributed by atoms with van der Waals surface area (Å²) >= 11 is 3.36. The van der Waals surface area contributed by atoms with E-state index in [2.05, 4.69) is 25.8 Å². The Bertz CT molecular complexity index is 558. The third-order valence-electron chi connectivity index (χ3n) is 3.58. The van der Waals surface area contributed by atoms with Gasteiger partial charge in [0, 0.05) is 42.3 Å². The quantitative estimate of drug-likeness (QED) is 0.808. The van der Waals surface area contributed by atoms with Crippen LogP contribution >= 0.6 is 15.9 Å². The van der Waals surface area contributed by atoms with Gasteiger partial charge in [-0.25, -0.2) is 17.7 Å². The molecule has 0 N–H and O–H groups in total. The zero-order chi connectivity index (χ0) is 13.0. The van der Waals surface area contributed by atoms with Crippen LogP contribution in [0.25, 0.3) is 0 Å². The molecular weight excluding hydrogens is 318 g/mol. The van der Waals surface area contributed by atoms with E-state index in [1.165, 1.54) is 6.26 Å². The molecule has 7 heteroatoms. The first-order valence-electron chi connectivity index (χ1n) is 5.70. The lowest BCUT2D eigenvalue weighted by atomic mass is 9.74. The number of halogens is 1. The molecule has 0 unspecified atom stereocenters. The Hall–Kier alpha value is -0.660. The van der Waals surface area contributed by atoms with Gasteiger partial charge in [0.1, 0.15) is 5.82 Å². The molecule has 3 rings (SSSR count). The van der Waals surface area contributed by atoms with Crippen LogP contribution in [0.1, 0.15) is 0 Å². The van der Waals surface area contributed by atoms with E-state index in [9.17, 15) is 8.42 Å². The molecule has 0 aliphatic carbocycles. The molecule has 98 valence electrons. The summed E-state index contributed by atoms with van der Waals surface area (Å²) in [4.78, 5) is 6.53. The van der Waals surface area contributed by atoms with E-state index in [-0.39, 0.29) is 5.41 Å². The fourth-order valence-corrected chi connectivity index (χ4v) is 3.87. The number of nitrogens with zero attached hydrogens (tertiary/aromatic N) is 3. The predicted molar refractivity (Wildman–Crippen MR) is 73.0 cm³/mol. The Balaban J connectivity index is 1.60. The van der Waals surface area contributed by atoms with Gasteiger partial charge in [0.05, 0.1) is 6.26 Å². The number of anilines is 1. The van der Waals surface area contributed by atoms with Crippen LogP contribution in [0.15, 0.2) is 22.8 Å². The number of hydrogen-bond acceptors (Lipinski definition) is 4. The minimum Gasteiger partial charge on any atom is -0.355 e. The molecule has 1 aromatic rings. The molecule has 2 fully saturated rings. The van der Waals surface area contributed by atoms with Crippen LogP contribution < -0.4 is 4.90 Å². The molecular formula is C11H14BrN3O2S. The van der Waals surface area contributed by atoms with Crippen molar-refractivity contribution in [3.63, 3.8) is 0 Å². The minimum absolute atomic E-state index is 0.165. The number of pyridine rings is 1. The lowest BCUT2D eigenvalue weighted by molar-refractivity contribution is 0.0395. The Morgan fingerprint density at radius 1 is 1.28 bits per heavy atom. The molecule has 0 atom stereocenters. The molecule has 0 bridgehead atoms. The fraction of sp³-hybridized carbons (Fsp3) is 0.545. The normalized spacial score (nSPS) is 22.7. The molecule has 3 heterocycles. The summed E-state index contributed by atoms with van der Waals surface area (Å²) in [5.41, 5.74) is 0.165. The molecule has 1 spiro atoms. The van der Waals surface area contributed by atoms with Crippen molar-refractivity contribution in [2.45, 2.75) is 0 Å². The van der Waals surface area contributed by atoms with Gasteiger partial charge in [-0.15, -0.1) is 0 Å². The van der Waals surface area contributed by atoms with E-state index >= 15 is 0 Å². The maximum absolute atomic E-state index is 11.3. The zero-order valence-corrected chi connectivity index (χ0v) is 12.4. The molecule has 5 nitrogen and oxygen atoms in total. The third kappa shape index (κ3) is 2.04. The van der Waals surface area contributed by atoms with Gasteiger partial charge in [-0.05, 0) is 28.1 Å². The molecule has 2 aliphatic rings. The standard InChI is InChI=1S/C11H14BrN3O2S/c1-18(16,17)15-7-11(8-15)5-14(6-11)10-3-2-9(12)4-13-10/h2-4H,5-8H2,1H3. The molecule has 0 aromatic carbocycles. The van der Waals surface area contributed by atoms with E-state index in [1.807, 2.05) is 12.1 Å². The summed E-state index contributed by atoms with van der Waals surface area (Å²) in [6, 6.07) is 3.95. The molecule has 0 saturated carbocycles. The van der Waals surface area contributed by atoms with Crippen molar-refractivity contribution in [2.75, 3.05) is 37.3 Å². The predicted octanol–water partition coefficient (Wildman–Crippen LogP) is 0.926. The number of hydrogen-bond donors (Lipinski definition) is 0. The molecule has 2 aliphatic heterocycles. The summed E-state index contributed by atoms with van der Waals surface area (Å²) in [5, 5.41) is 0. The summed E-state index contributed by atoms with van der Waals surface area (Å²) in [6.07, 6.45) is 3.05. The van der Waals surface area contributed by atoms with E-state index in [1.54, 1.807) is 10.5 Å². The number of sulfonamides is 1. The molecule has 0 radical (unpaired) electrons. The van der Waals surface area contributed by atoms with Crippen molar-refractivity contribution in [3.05, 3.63) is 22.8 Å². The largest absolute Gasteiger partial charge is 0.355 e. The highest BCUT2D eigenvalue weighted by atomic mass is 79.9. The van der Waals surface area contributed by atoms with E-state index < -0.39 is 10.0 Å². The first kappa shape index (κ1) is 12.4. The fourth-order valence-electron chi connectivity index (χ4n) is 2.62. The maximum Gasteiger partial charge on any atom is 0.211 e. The second kappa shape index (κ2) is 3.91. The van der Waals surface area contributed by atoms with Gasteiger partial charge in [0.15, 0.2) is 0 Å². The monoisotopic (exact) mass is 331 g/mol. The molecule has 1 aromatic heterocycles. The second-order valence-electron chi connectivity index (χ2n) is 5.22. The van der Waals surface area contributed by atoms with Gasteiger partial charge in [-0.2, -0.15) is 0 Å². The first-order chi connectivity index (χ1) is 8.38. The van der Waals surface area contributed by atoms with Gasteiger partial charge in [-0.1, -0.05) is 0 Å². The van der Waals surface area contributed by atoms with E-state index in [4.69, 9.17) is 0 Å². The van der Waals surface area contributed by atoms with Crippen molar-refractivity contribution in [1.29, 1.82) is 0 Å². The summed E-state index contributed by atoms with van der Waals surface area (Å²) in [5.74, 6) is 0.960. The molecule has 0 amide bonds. The van der Waals surface area contributed by atoms with E-state index in [0.717, 1.165) is 23.4 Å². The van der Waals surface area contributed by atoms with Crippen LogP contribution in [0.3, 0.4) is 0 Å². The van der Waals surface area contributed by atoms with Gasteiger partial charge in [-0.3, -0.25) is 0 Å². The van der Waals surface area contributed by atoms with Crippen LogP contribution in [0.4, 0.5) is 5.82 Å². The van der Waals surface area contributed by atoms with Crippen molar-refractivity contribution in [3.8, 4) is 0 Å². The van der Waals surface area contributed by atoms with Crippen LogP contribution in [-0.4, -0.2) is 50.1 Å². The molecule has 2 saturated heterocycles. The van der Waals surface area contributed by atoms with Crippen molar-refractivity contribution < 1.29 is 8.42 Å². The second-order valence-corrected chi connectivity index (χ2v) is 8.12. The smallest absolute Gasteiger partial charge is 0.211 e. The van der Waals surface area contributed by atoms with Crippen LogP contribution in [0.5, 0.6) is 0 Å². The molecule has 18 heavy (non-hydrogen) atoms.